The molecular formula is C9H14N4O2S. The molecule has 0 aromatic carbocycles. The zero-order valence-electron chi connectivity index (χ0n) is 8.76. The van der Waals surface area contributed by atoms with Crippen LogP contribution >= 0.6 is 0 Å². The van der Waals surface area contributed by atoms with E-state index in [0.29, 0.717) is 24.5 Å². The van der Waals surface area contributed by atoms with Gasteiger partial charge in [-0.05, 0) is 25.0 Å². The first-order valence-corrected chi connectivity index (χ1v) is 6.93. The van der Waals surface area contributed by atoms with E-state index in [0.717, 1.165) is 0 Å². The summed E-state index contributed by atoms with van der Waals surface area (Å²) in [5.74, 6) is 1.50. The fourth-order valence-electron chi connectivity index (χ4n) is 1.66. The highest BCUT2D eigenvalue weighted by atomic mass is 32.2. The lowest BCUT2D eigenvalue weighted by molar-refractivity contribution is 0.559. The van der Waals surface area contributed by atoms with Crippen molar-refractivity contribution in [2.75, 3.05) is 22.6 Å². The largest absolute Gasteiger partial charge is 0.382 e. The van der Waals surface area contributed by atoms with E-state index in [-0.39, 0.29) is 17.5 Å². The van der Waals surface area contributed by atoms with E-state index in [1.807, 2.05) is 0 Å². The third kappa shape index (κ3) is 2.82. The van der Waals surface area contributed by atoms with E-state index in [2.05, 4.69) is 15.5 Å². The predicted octanol–water partition coefficient (Wildman–Crippen LogP) is 0.0479. The van der Waals surface area contributed by atoms with Gasteiger partial charge in [0.25, 0.3) is 0 Å². The molecular weight excluding hydrogens is 228 g/mol. The molecule has 0 radical (unpaired) electrons. The number of hydrogen-bond donors (Lipinski definition) is 2. The van der Waals surface area contributed by atoms with Crippen LogP contribution in [0.5, 0.6) is 0 Å². The van der Waals surface area contributed by atoms with Gasteiger partial charge in [-0.2, -0.15) is 0 Å². The molecule has 0 bridgehead atoms. The Balaban J connectivity index is 1.94. The Morgan fingerprint density at radius 2 is 1.94 bits per heavy atom. The van der Waals surface area contributed by atoms with Gasteiger partial charge in [0.15, 0.2) is 0 Å². The molecule has 1 aromatic heterocycles. The lowest BCUT2D eigenvalue weighted by Crippen LogP contribution is -2.32. The molecule has 2 heterocycles. The van der Waals surface area contributed by atoms with Gasteiger partial charge in [-0.3, -0.25) is 0 Å². The van der Waals surface area contributed by atoms with Crippen LogP contribution in [0.4, 0.5) is 11.6 Å². The third-order valence-electron chi connectivity index (χ3n) is 2.59. The van der Waals surface area contributed by atoms with E-state index in [1.165, 1.54) is 0 Å². The van der Waals surface area contributed by atoms with Crippen molar-refractivity contribution < 1.29 is 8.42 Å². The fraction of sp³-hybridized carbons (Fsp3) is 0.556. The minimum absolute atomic E-state index is 0.154. The molecule has 1 aliphatic rings. The summed E-state index contributed by atoms with van der Waals surface area (Å²) in [6, 6.07) is 3.56. The molecule has 88 valence electrons. The van der Waals surface area contributed by atoms with E-state index < -0.39 is 9.84 Å². The number of aromatic nitrogens is 2. The summed E-state index contributed by atoms with van der Waals surface area (Å²) in [6.45, 7) is 0. The molecule has 7 heteroatoms. The molecule has 16 heavy (non-hydrogen) atoms. The minimum Gasteiger partial charge on any atom is -0.382 e. The van der Waals surface area contributed by atoms with Gasteiger partial charge in [-0.1, -0.05) is 0 Å². The summed E-state index contributed by atoms with van der Waals surface area (Å²) in [7, 11) is -2.81. The van der Waals surface area contributed by atoms with E-state index >= 15 is 0 Å². The average Bonchev–Trinajstić information content (AvgIpc) is 2.24. The minimum atomic E-state index is -2.81. The Morgan fingerprint density at radius 1 is 1.25 bits per heavy atom. The zero-order chi connectivity index (χ0) is 11.6. The number of nitrogens with zero attached hydrogens (tertiary/aromatic N) is 2. The molecule has 1 fully saturated rings. The highest BCUT2D eigenvalue weighted by Crippen LogP contribution is 2.16. The lowest BCUT2D eigenvalue weighted by Gasteiger charge is -2.23. The lowest BCUT2D eigenvalue weighted by atomic mass is 10.1. The third-order valence-corrected chi connectivity index (χ3v) is 4.31. The second kappa shape index (κ2) is 4.25. The van der Waals surface area contributed by atoms with Gasteiger partial charge in [-0.15, -0.1) is 10.2 Å². The highest BCUT2D eigenvalue weighted by molar-refractivity contribution is 7.91. The van der Waals surface area contributed by atoms with Crippen LogP contribution in [0.25, 0.3) is 0 Å². The Bertz CT molecular complexity index is 443. The highest BCUT2D eigenvalue weighted by Gasteiger charge is 2.23. The second-order valence-electron chi connectivity index (χ2n) is 3.91. The van der Waals surface area contributed by atoms with Crippen molar-refractivity contribution in [1.29, 1.82) is 0 Å². The van der Waals surface area contributed by atoms with Crippen LogP contribution < -0.4 is 11.1 Å². The number of sulfone groups is 1. The monoisotopic (exact) mass is 242 g/mol. The Morgan fingerprint density at radius 3 is 2.50 bits per heavy atom. The van der Waals surface area contributed by atoms with Gasteiger partial charge in [0, 0.05) is 6.04 Å². The molecule has 1 aliphatic heterocycles. The Hall–Kier alpha value is -1.37. The summed E-state index contributed by atoms with van der Waals surface area (Å²) in [6.07, 6.45) is 1.24. The van der Waals surface area contributed by atoms with Crippen LogP contribution in [0.15, 0.2) is 12.1 Å². The van der Waals surface area contributed by atoms with Gasteiger partial charge < -0.3 is 11.1 Å². The van der Waals surface area contributed by atoms with Crippen molar-refractivity contribution in [3.05, 3.63) is 12.1 Å². The summed E-state index contributed by atoms with van der Waals surface area (Å²) in [5, 5.41) is 10.7. The summed E-state index contributed by atoms with van der Waals surface area (Å²) >= 11 is 0. The zero-order valence-corrected chi connectivity index (χ0v) is 9.57. The van der Waals surface area contributed by atoms with Crippen LogP contribution in [0.3, 0.4) is 0 Å². The molecule has 0 atom stereocenters. The van der Waals surface area contributed by atoms with Crippen molar-refractivity contribution in [1.82, 2.24) is 10.2 Å². The van der Waals surface area contributed by atoms with E-state index in [1.54, 1.807) is 12.1 Å². The number of nitrogens with one attached hydrogen (secondary N) is 1. The molecule has 1 aromatic rings. The smallest absolute Gasteiger partial charge is 0.150 e. The van der Waals surface area contributed by atoms with Gasteiger partial charge in [0.05, 0.1) is 11.5 Å². The molecule has 3 N–H and O–H groups in total. The normalized spacial score (nSPS) is 20.5. The SMILES string of the molecule is Nc1ccc(NC2CCS(=O)(=O)CC2)nn1. The van der Waals surface area contributed by atoms with Crippen LogP contribution in [0.2, 0.25) is 0 Å². The molecule has 2 rings (SSSR count). The molecule has 0 spiro atoms. The first-order chi connectivity index (χ1) is 7.55. The van der Waals surface area contributed by atoms with Crippen LogP contribution in [-0.2, 0) is 9.84 Å². The van der Waals surface area contributed by atoms with Crippen molar-refractivity contribution >= 4 is 21.5 Å². The standard InChI is InChI=1S/C9H14N4O2S/c10-8-1-2-9(13-12-8)11-7-3-5-16(14,15)6-4-7/h1-2,7H,3-6H2,(H2,10,12)(H,11,13). The Kier molecular flexibility index (Phi) is 2.95. The molecule has 0 unspecified atom stereocenters. The van der Waals surface area contributed by atoms with Crippen molar-refractivity contribution in [2.45, 2.75) is 18.9 Å². The maximum absolute atomic E-state index is 11.2. The van der Waals surface area contributed by atoms with Crippen molar-refractivity contribution in [3.8, 4) is 0 Å². The predicted molar refractivity (Wildman–Crippen MR) is 61.7 cm³/mol. The van der Waals surface area contributed by atoms with Crippen LogP contribution in [0, 0.1) is 0 Å². The Labute approximate surface area is 94.2 Å². The molecule has 6 nitrogen and oxygen atoms in total. The number of anilines is 2. The topological polar surface area (TPSA) is 98.0 Å². The van der Waals surface area contributed by atoms with E-state index in [4.69, 9.17) is 5.73 Å². The van der Waals surface area contributed by atoms with Gasteiger partial charge in [0.2, 0.25) is 0 Å². The number of nitrogen functional groups attached to an aromatic ring is 1. The maximum Gasteiger partial charge on any atom is 0.150 e. The maximum atomic E-state index is 11.2. The average molecular weight is 242 g/mol. The van der Waals surface area contributed by atoms with Crippen LogP contribution in [-0.4, -0.2) is 36.2 Å². The second-order valence-corrected chi connectivity index (χ2v) is 6.22. The molecule has 0 saturated carbocycles. The van der Waals surface area contributed by atoms with Crippen LogP contribution in [0.1, 0.15) is 12.8 Å². The molecule has 0 amide bonds. The first kappa shape index (κ1) is 11.1. The summed E-state index contributed by atoms with van der Waals surface area (Å²) < 4.78 is 22.4. The number of rotatable bonds is 2. The van der Waals surface area contributed by atoms with E-state index in [9.17, 15) is 8.42 Å². The fourth-order valence-corrected chi connectivity index (χ4v) is 3.15. The number of hydrogen-bond acceptors (Lipinski definition) is 6. The van der Waals surface area contributed by atoms with Gasteiger partial charge in [0.1, 0.15) is 21.5 Å². The quantitative estimate of drug-likeness (QED) is 0.760. The summed E-state index contributed by atoms with van der Waals surface area (Å²) in [4.78, 5) is 0. The van der Waals surface area contributed by atoms with Crippen molar-refractivity contribution in [2.24, 2.45) is 0 Å². The van der Waals surface area contributed by atoms with Crippen molar-refractivity contribution in [3.63, 3.8) is 0 Å². The number of nitrogens with two attached hydrogens (primary N) is 1. The van der Waals surface area contributed by atoms with Gasteiger partial charge in [-0.25, -0.2) is 8.42 Å². The molecule has 0 aliphatic carbocycles. The summed E-state index contributed by atoms with van der Waals surface area (Å²) in [5.41, 5.74) is 5.41. The first-order valence-electron chi connectivity index (χ1n) is 5.11. The van der Waals surface area contributed by atoms with Gasteiger partial charge >= 0.3 is 0 Å². The molecule has 1 saturated heterocycles.